The van der Waals surface area contributed by atoms with Crippen LogP contribution in [-0.2, 0) is 14.3 Å². The van der Waals surface area contributed by atoms with E-state index >= 15 is 0 Å². The summed E-state index contributed by atoms with van der Waals surface area (Å²) in [5.41, 5.74) is 1.29. The van der Waals surface area contributed by atoms with Crippen LogP contribution in [0.3, 0.4) is 0 Å². The summed E-state index contributed by atoms with van der Waals surface area (Å²) in [4.78, 5) is 24.1. The Hall–Kier alpha value is -1.38. The molecule has 0 saturated heterocycles. The minimum atomic E-state index is -0.308. The Morgan fingerprint density at radius 2 is 2.07 bits per heavy atom. The molecule has 3 nitrogen and oxygen atoms in total. The van der Waals surface area contributed by atoms with Crippen molar-refractivity contribution in [2.45, 2.75) is 64.4 Å². The van der Waals surface area contributed by atoms with E-state index in [0.29, 0.717) is 29.5 Å². The standard InChI is InChI=1S/C24H30O3/c1-3-23-8-6-17-16-5-4-15(25)11-14(16)10-13(2)21(17)22(23)18-12-19(18)24(23)9-7-20(26)27-24/h7,9,11,13,16-19,21-22H,3-6,8,10,12H2,1-2H3/t13-,16+,17?,18-,19+,21?,22?,23+,24+/m1/s1. The van der Waals surface area contributed by atoms with Crippen molar-refractivity contribution in [2.75, 3.05) is 0 Å². The van der Waals surface area contributed by atoms with Crippen molar-refractivity contribution in [3.8, 4) is 0 Å². The molecule has 0 N–H and O–H groups in total. The number of rotatable bonds is 1. The van der Waals surface area contributed by atoms with Crippen LogP contribution in [0.5, 0.6) is 0 Å². The smallest absolute Gasteiger partial charge is 0.331 e. The fraction of sp³-hybridized carbons (Fsp3) is 0.750. The van der Waals surface area contributed by atoms with Gasteiger partial charge in [-0.25, -0.2) is 4.79 Å². The zero-order valence-electron chi connectivity index (χ0n) is 16.4. The van der Waals surface area contributed by atoms with Crippen molar-refractivity contribution < 1.29 is 14.3 Å². The summed E-state index contributed by atoms with van der Waals surface area (Å²) in [6.07, 6.45) is 13.6. The number of carbonyl (C=O) groups excluding carboxylic acids is 2. The first-order chi connectivity index (χ1) is 13.0. The molecule has 3 unspecified atom stereocenters. The summed E-state index contributed by atoms with van der Waals surface area (Å²) in [6.45, 7) is 4.76. The lowest BCUT2D eigenvalue weighted by Gasteiger charge is -2.59. The second kappa shape index (κ2) is 5.15. The Bertz CT molecular complexity index is 793. The zero-order valence-corrected chi connectivity index (χ0v) is 16.4. The third-order valence-corrected chi connectivity index (χ3v) is 9.72. The van der Waals surface area contributed by atoms with E-state index in [9.17, 15) is 9.59 Å². The van der Waals surface area contributed by atoms with Crippen LogP contribution in [0.4, 0.5) is 0 Å². The maximum absolute atomic E-state index is 12.1. The molecule has 9 atom stereocenters. The van der Waals surface area contributed by atoms with Crippen molar-refractivity contribution >= 4 is 11.8 Å². The lowest BCUT2D eigenvalue weighted by Crippen LogP contribution is -2.57. The molecule has 0 amide bonds. The average molecular weight is 367 g/mol. The number of fused-ring (bicyclic) bond motifs is 9. The van der Waals surface area contributed by atoms with Gasteiger partial charge < -0.3 is 4.74 Å². The van der Waals surface area contributed by atoms with Crippen LogP contribution in [0.15, 0.2) is 23.8 Å². The maximum atomic E-state index is 12.1. The highest BCUT2D eigenvalue weighted by molar-refractivity contribution is 5.91. The molecule has 1 heterocycles. The number of ether oxygens (including phenoxy) is 1. The lowest BCUT2D eigenvalue weighted by molar-refractivity contribution is -0.174. The summed E-state index contributed by atoms with van der Waals surface area (Å²) in [5, 5.41) is 0. The van der Waals surface area contributed by atoms with Gasteiger partial charge in [0.2, 0.25) is 0 Å². The molecule has 4 fully saturated rings. The van der Waals surface area contributed by atoms with Gasteiger partial charge in [-0.05, 0) is 86.2 Å². The van der Waals surface area contributed by atoms with Gasteiger partial charge in [-0.15, -0.1) is 0 Å². The van der Waals surface area contributed by atoms with Crippen molar-refractivity contribution in [1.29, 1.82) is 0 Å². The number of hydrogen-bond acceptors (Lipinski definition) is 3. The zero-order chi connectivity index (χ0) is 18.6. The molecule has 0 aromatic carbocycles. The van der Waals surface area contributed by atoms with Gasteiger partial charge in [0.25, 0.3) is 0 Å². The van der Waals surface area contributed by atoms with Gasteiger partial charge in [0.1, 0.15) is 5.60 Å². The van der Waals surface area contributed by atoms with Gasteiger partial charge in [-0.3, -0.25) is 4.79 Å². The lowest BCUT2D eigenvalue weighted by atomic mass is 9.46. The highest BCUT2D eigenvalue weighted by Crippen LogP contribution is 2.79. The molecule has 6 rings (SSSR count). The van der Waals surface area contributed by atoms with Crippen molar-refractivity contribution in [2.24, 2.45) is 46.8 Å². The fourth-order valence-electron chi connectivity index (χ4n) is 8.95. The molecule has 3 heteroatoms. The average Bonchev–Trinajstić information content (AvgIpc) is 3.30. The summed E-state index contributed by atoms with van der Waals surface area (Å²) in [5.74, 6) is 4.95. The van der Waals surface area contributed by atoms with E-state index in [1.807, 2.05) is 6.08 Å². The van der Waals surface area contributed by atoms with Crippen molar-refractivity contribution in [3.05, 3.63) is 23.8 Å². The normalized spacial score (nSPS) is 54.7. The topological polar surface area (TPSA) is 43.4 Å². The quantitative estimate of drug-likeness (QED) is 0.643. The molecule has 4 saturated carbocycles. The molecular weight excluding hydrogens is 336 g/mol. The molecule has 5 aliphatic carbocycles. The Morgan fingerprint density at radius 1 is 1.22 bits per heavy atom. The summed E-state index contributed by atoms with van der Waals surface area (Å²) >= 11 is 0. The van der Waals surface area contributed by atoms with Gasteiger partial charge in [0.05, 0.1) is 0 Å². The second-order valence-electron chi connectivity index (χ2n) is 10.4. The van der Waals surface area contributed by atoms with Crippen LogP contribution >= 0.6 is 0 Å². The molecule has 1 aliphatic heterocycles. The maximum Gasteiger partial charge on any atom is 0.331 e. The number of carbonyl (C=O) groups is 2. The van der Waals surface area contributed by atoms with Crippen LogP contribution in [-0.4, -0.2) is 17.4 Å². The number of hydrogen-bond donors (Lipinski definition) is 0. The van der Waals surface area contributed by atoms with Gasteiger partial charge in [-0.1, -0.05) is 19.4 Å². The molecular formula is C24H30O3. The predicted octanol–water partition coefficient (Wildman–Crippen LogP) is 4.47. The van der Waals surface area contributed by atoms with E-state index in [-0.39, 0.29) is 17.0 Å². The van der Waals surface area contributed by atoms with E-state index < -0.39 is 0 Å². The molecule has 0 bridgehead atoms. The van der Waals surface area contributed by atoms with Gasteiger partial charge in [0, 0.05) is 23.8 Å². The summed E-state index contributed by atoms with van der Waals surface area (Å²) in [6, 6.07) is 0. The molecule has 144 valence electrons. The van der Waals surface area contributed by atoms with Crippen LogP contribution < -0.4 is 0 Å². The first-order valence-corrected chi connectivity index (χ1v) is 11.2. The van der Waals surface area contributed by atoms with Gasteiger partial charge in [0.15, 0.2) is 5.78 Å². The van der Waals surface area contributed by atoms with E-state index in [1.54, 1.807) is 6.08 Å². The minimum absolute atomic E-state index is 0.121. The van der Waals surface area contributed by atoms with E-state index in [4.69, 9.17) is 4.74 Å². The van der Waals surface area contributed by atoms with Crippen LogP contribution in [0, 0.1) is 46.8 Å². The Labute approximate surface area is 161 Å². The van der Waals surface area contributed by atoms with Crippen LogP contribution in [0.1, 0.15) is 58.8 Å². The van der Waals surface area contributed by atoms with Crippen LogP contribution in [0.2, 0.25) is 0 Å². The van der Waals surface area contributed by atoms with E-state index in [1.165, 1.54) is 24.8 Å². The van der Waals surface area contributed by atoms with Gasteiger partial charge >= 0.3 is 5.97 Å². The molecule has 0 radical (unpaired) electrons. The third-order valence-electron chi connectivity index (χ3n) is 9.72. The number of allylic oxidation sites excluding steroid dienone is 1. The summed E-state index contributed by atoms with van der Waals surface area (Å²) < 4.78 is 6.16. The molecule has 0 aromatic rings. The third kappa shape index (κ3) is 1.85. The highest BCUT2D eigenvalue weighted by Gasteiger charge is 2.79. The first kappa shape index (κ1) is 16.6. The van der Waals surface area contributed by atoms with Gasteiger partial charge in [-0.2, -0.15) is 0 Å². The largest absolute Gasteiger partial charge is 0.451 e. The Kier molecular flexibility index (Phi) is 3.16. The monoisotopic (exact) mass is 366 g/mol. The number of esters is 1. The molecule has 6 aliphatic rings. The van der Waals surface area contributed by atoms with Crippen molar-refractivity contribution in [1.82, 2.24) is 0 Å². The van der Waals surface area contributed by atoms with Crippen LogP contribution in [0.25, 0.3) is 0 Å². The predicted molar refractivity (Wildman–Crippen MR) is 102 cm³/mol. The SMILES string of the molecule is CC[C@]12CCC3C(C1[C@@H]1C[C@@H]1[C@@]21C=CC(=O)O1)[C@H](C)CC1=CC(=O)CC[C@@H]13. The molecule has 1 spiro atoms. The Morgan fingerprint density at radius 3 is 2.81 bits per heavy atom. The second-order valence-corrected chi connectivity index (χ2v) is 10.4. The van der Waals surface area contributed by atoms with E-state index in [2.05, 4.69) is 19.9 Å². The molecule has 0 aromatic heterocycles. The minimum Gasteiger partial charge on any atom is -0.451 e. The van der Waals surface area contributed by atoms with E-state index in [0.717, 1.165) is 43.4 Å². The summed E-state index contributed by atoms with van der Waals surface area (Å²) in [7, 11) is 0. The van der Waals surface area contributed by atoms with Crippen molar-refractivity contribution in [3.63, 3.8) is 0 Å². The molecule has 27 heavy (non-hydrogen) atoms. The first-order valence-electron chi connectivity index (χ1n) is 11.2. The Balaban J connectivity index is 1.43. The number of ketones is 1. The highest BCUT2D eigenvalue weighted by atomic mass is 16.6. The fourth-order valence-corrected chi connectivity index (χ4v) is 8.95.